The molecule has 4 nitrogen and oxygen atoms in total. The Morgan fingerprint density at radius 3 is 2.06 bits per heavy atom. The van der Waals surface area contributed by atoms with Crippen LogP contribution in [0.15, 0.2) is 29.2 Å². The van der Waals surface area contributed by atoms with Gasteiger partial charge in [-0.15, -0.1) is 0 Å². The van der Waals surface area contributed by atoms with Gasteiger partial charge in [-0.3, -0.25) is 4.55 Å². The number of halogens is 1. The van der Waals surface area contributed by atoms with Crippen molar-refractivity contribution in [2.24, 2.45) is 0 Å². The molecule has 2 unspecified atom stereocenters. The van der Waals surface area contributed by atoms with Gasteiger partial charge in [0, 0.05) is 4.83 Å². The topological polar surface area (TPSA) is 74.6 Å². The van der Waals surface area contributed by atoms with Gasteiger partial charge in [0.1, 0.15) is 0 Å². The van der Waals surface area contributed by atoms with Gasteiger partial charge in [-0.25, -0.2) is 0 Å². The number of aryl methyl sites for hydroxylation is 1. The lowest BCUT2D eigenvalue weighted by Gasteiger charge is -2.02. The molecule has 1 saturated carbocycles. The van der Waals surface area contributed by atoms with Crippen molar-refractivity contribution >= 4 is 26.0 Å². The van der Waals surface area contributed by atoms with Crippen molar-refractivity contribution < 1.29 is 18.1 Å². The van der Waals surface area contributed by atoms with Crippen LogP contribution in [0.3, 0.4) is 0 Å². The second kappa shape index (κ2) is 6.65. The third kappa shape index (κ3) is 5.06. The second-order valence-corrected chi connectivity index (χ2v) is 6.90. The number of rotatable bonds is 1. The third-order valence-corrected chi connectivity index (χ3v) is 4.65. The average Bonchev–Trinajstić information content (AvgIpc) is 2.63. The second-order valence-electron chi connectivity index (χ2n) is 4.30. The van der Waals surface area contributed by atoms with Crippen LogP contribution in [0.4, 0.5) is 0 Å². The van der Waals surface area contributed by atoms with E-state index in [1.165, 1.54) is 18.6 Å². The number of aliphatic hydroxyl groups is 1. The first-order valence-electron chi connectivity index (χ1n) is 5.67. The van der Waals surface area contributed by atoms with Crippen molar-refractivity contribution in [3.05, 3.63) is 29.8 Å². The summed E-state index contributed by atoms with van der Waals surface area (Å²) in [5.41, 5.74) is 0.956. The molecular weight excluding hydrogens is 320 g/mol. The van der Waals surface area contributed by atoms with Crippen molar-refractivity contribution in [1.82, 2.24) is 0 Å². The standard InChI is InChI=1S/C7H8O3S.C5H9BrO/c1-6-2-4-7(5-3-6)11(8,9)10;6-4-2-1-3-5(4)7/h2-5H,1H3,(H,8,9,10);4-5,7H,1-3H2. The van der Waals surface area contributed by atoms with Crippen LogP contribution in [-0.2, 0) is 10.1 Å². The number of aliphatic hydroxyl groups excluding tert-OH is 1. The highest BCUT2D eigenvalue weighted by Crippen LogP contribution is 2.24. The van der Waals surface area contributed by atoms with Crippen molar-refractivity contribution in [2.75, 3.05) is 0 Å². The Hall–Kier alpha value is -0.430. The van der Waals surface area contributed by atoms with Crippen LogP contribution in [0, 0.1) is 6.92 Å². The number of benzene rings is 1. The van der Waals surface area contributed by atoms with E-state index in [1.54, 1.807) is 12.1 Å². The van der Waals surface area contributed by atoms with Crippen LogP contribution in [0.25, 0.3) is 0 Å². The summed E-state index contributed by atoms with van der Waals surface area (Å²) in [5.74, 6) is 0. The monoisotopic (exact) mass is 336 g/mol. The first-order valence-corrected chi connectivity index (χ1v) is 8.02. The smallest absolute Gasteiger partial charge is 0.294 e. The highest BCUT2D eigenvalue weighted by molar-refractivity contribution is 9.09. The Morgan fingerprint density at radius 2 is 1.78 bits per heavy atom. The fourth-order valence-electron chi connectivity index (χ4n) is 1.61. The van der Waals surface area contributed by atoms with Crippen LogP contribution >= 0.6 is 15.9 Å². The number of hydrogen-bond donors (Lipinski definition) is 2. The molecule has 1 fully saturated rings. The van der Waals surface area contributed by atoms with Gasteiger partial charge in [-0.2, -0.15) is 8.42 Å². The molecule has 0 aromatic heterocycles. The van der Waals surface area contributed by atoms with Crippen molar-refractivity contribution in [3.63, 3.8) is 0 Å². The maximum absolute atomic E-state index is 10.5. The zero-order chi connectivity index (χ0) is 13.8. The normalized spacial score (nSPS) is 23.3. The number of alkyl halides is 1. The molecule has 0 saturated heterocycles. The molecular formula is C12H17BrO4S. The molecule has 0 amide bonds. The summed E-state index contributed by atoms with van der Waals surface area (Å²) in [4.78, 5) is 0.315. The van der Waals surface area contributed by atoms with Crippen LogP contribution in [0.5, 0.6) is 0 Å². The minimum absolute atomic E-state index is 0.0666. The predicted molar refractivity (Wildman–Crippen MR) is 73.6 cm³/mol. The molecule has 1 aliphatic rings. The fraction of sp³-hybridized carbons (Fsp3) is 0.500. The van der Waals surface area contributed by atoms with E-state index in [0.717, 1.165) is 18.4 Å². The van der Waals surface area contributed by atoms with E-state index in [2.05, 4.69) is 15.9 Å². The minimum atomic E-state index is -4.02. The lowest BCUT2D eigenvalue weighted by atomic mass is 10.2. The first-order chi connectivity index (χ1) is 8.30. The summed E-state index contributed by atoms with van der Waals surface area (Å²) >= 11 is 3.35. The third-order valence-electron chi connectivity index (χ3n) is 2.72. The highest BCUT2D eigenvalue weighted by Gasteiger charge is 2.21. The Morgan fingerprint density at radius 1 is 1.22 bits per heavy atom. The molecule has 0 aliphatic heterocycles. The molecule has 0 heterocycles. The quantitative estimate of drug-likeness (QED) is 0.610. The molecule has 0 radical (unpaired) electrons. The van der Waals surface area contributed by atoms with Crippen molar-refractivity contribution in [3.8, 4) is 0 Å². The van der Waals surface area contributed by atoms with Gasteiger partial charge in [0.15, 0.2) is 0 Å². The summed E-state index contributed by atoms with van der Waals surface area (Å²) in [6.45, 7) is 1.84. The van der Waals surface area contributed by atoms with Crippen LogP contribution in [0.1, 0.15) is 24.8 Å². The SMILES string of the molecule is Cc1ccc(S(=O)(=O)O)cc1.OC1CCCC1Br. The maximum atomic E-state index is 10.5. The Balaban J connectivity index is 0.000000199. The molecule has 1 aromatic carbocycles. The molecule has 102 valence electrons. The van der Waals surface area contributed by atoms with Crippen LogP contribution < -0.4 is 0 Å². The van der Waals surface area contributed by atoms with Gasteiger partial charge in [0.05, 0.1) is 11.0 Å². The predicted octanol–water partition coefficient (Wildman–Crippen LogP) is 2.54. The van der Waals surface area contributed by atoms with Crippen molar-refractivity contribution in [1.29, 1.82) is 0 Å². The molecule has 0 spiro atoms. The Kier molecular flexibility index (Phi) is 5.78. The van der Waals surface area contributed by atoms with Gasteiger partial charge in [-0.05, 0) is 38.3 Å². The lowest BCUT2D eigenvalue weighted by Crippen LogP contribution is -2.10. The van der Waals surface area contributed by atoms with Crippen molar-refractivity contribution in [2.45, 2.75) is 42.0 Å². The molecule has 0 bridgehead atoms. The van der Waals surface area contributed by atoms with Crippen LogP contribution in [0.2, 0.25) is 0 Å². The summed E-state index contributed by atoms with van der Waals surface area (Å²) in [5, 5.41) is 8.95. The highest BCUT2D eigenvalue weighted by atomic mass is 79.9. The van der Waals surface area contributed by atoms with E-state index in [0.29, 0.717) is 4.83 Å². The molecule has 2 rings (SSSR count). The first kappa shape index (κ1) is 15.6. The molecule has 1 aliphatic carbocycles. The molecule has 2 N–H and O–H groups in total. The van der Waals surface area contributed by atoms with E-state index < -0.39 is 10.1 Å². The largest absolute Gasteiger partial charge is 0.392 e. The van der Waals surface area contributed by atoms with Crippen LogP contribution in [-0.4, -0.2) is 29.0 Å². The fourth-order valence-corrected chi connectivity index (χ4v) is 2.67. The summed E-state index contributed by atoms with van der Waals surface area (Å²) in [6, 6.07) is 5.99. The lowest BCUT2D eigenvalue weighted by molar-refractivity contribution is 0.189. The summed E-state index contributed by atoms with van der Waals surface area (Å²) < 4.78 is 29.6. The average molecular weight is 337 g/mol. The molecule has 1 aromatic rings. The van der Waals surface area contributed by atoms with Gasteiger partial charge >= 0.3 is 0 Å². The summed E-state index contributed by atoms with van der Waals surface area (Å²) in [7, 11) is -4.02. The van der Waals surface area contributed by atoms with Gasteiger partial charge in [0.25, 0.3) is 10.1 Å². The molecule has 6 heteroatoms. The Bertz CT molecular complexity index is 461. The zero-order valence-electron chi connectivity index (χ0n) is 10.1. The number of hydrogen-bond acceptors (Lipinski definition) is 3. The van der Waals surface area contributed by atoms with Gasteiger partial charge < -0.3 is 5.11 Å². The summed E-state index contributed by atoms with van der Waals surface area (Å²) in [6.07, 6.45) is 3.23. The van der Waals surface area contributed by atoms with E-state index in [9.17, 15) is 8.42 Å². The van der Waals surface area contributed by atoms with E-state index in [4.69, 9.17) is 9.66 Å². The maximum Gasteiger partial charge on any atom is 0.294 e. The van der Waals surface area contributed by atoms with E-state index in [-0.39, 0.29) is 11.0 Å². The Labute approximate surface area is 116 Å². The van der Waals surface area contributed by atoms with Gasteiger partial charge in [-0.1, -0.05) is 33.6 Å². The van der Waals surface area contributed by atoms with E-state index in [1.807, 2.05) is 6.92 Å². The van der Waals surface area contributed by atoms with E-state index >= 15 is 0 Å². The zero-order valence-corrected chi connectivity index (χ0v) is 12.5. The minimum Gasteiger partial charge on any atom is -0.392 e. The molecule has 2 atom stereocenters. The van der Waals surface area contributed by atoms with Gasteiger partial charge in [0.2, 0.25) is 0 Å². The molecule has 18 heavy (non-hydrogen) atoms.